The first-order valence-electron chi connectivity index (χ1n) is 9.14. The van der Waals surface area contributed by atoms with Crippen molar-refractivity contribution in [2.75, 3.05) is 66.3 Å². The zero-order valence-corrected chi connectivity index (χ0v) is 16.6. The second-order valence-corrected chi connectivity index (χ2v) is 5.57. The smallest absolute Gasteiger partial charge is 0.246 e. The van der Waals surface area contributed by atoms with Gasteiger partial charge in [-0.15, -0.1) is 0 Å². The van der Waals surface area contributed by atoms with Crippen LogP contribution in [0.2, 0.25) is 0 Å². The summed E-state index contributed by atoms with van der Waals surface area (Å²) >= 11 is 0. The molecule has 0 saturated carbocycles. The SMILES string of the molecule is CCNC(=O)CNC(=O)CCOCCOCCOCCN(C)C(=O)/C=C\C=O. The standard InChI is InChI=1S/C18H31N3O7/c1-3-19-17(24)15-20-16(23)6-9-26-11-13-28-14-12-27-10-7-21(2)18(25)5-4-8-22/h4-5,8H,3,6-7,9-15H2,1-2H3,(H,19,24)(H,20,23)/b5-4-. The van der Waals surface area contributed by atoms with Crippen molar-refractivity contribution in [2.24, 2.45) is 0 Å². The highest BCUT2D eigenvalue weighted by molar-refractivity contribution is 5.90. The van der Waals surface area contributed by atoms with Gasteiger partial charge in [-0.05, 0) is 13.0 Å². The van der Waals surface area contributed by atoms with Crippen LogP contribution in [0.15, 0.2) is 12.2 Å². The summed E-state index contributed by atoms with van der Waals surface area (Å²) in [6, 6.07) is 0. The van der Waals surface area contributed by atoms with Crippen molar-refractivity contribution in [1.82, 2.24) is 15.5 Å². The fourth-order valence-corrected chi connectivity index (χ4v) is 1.79. The first kappa shape index (κ1) is 25.7. The molecule has 0 aromatic rings. The fourth-order valence-electron chi connectivity index (χ4n) is 1.79. The maximum absolute atomic E-state index is 11.5. The summed E-state index contributed by atoms with van der Waals surface area (Å²) in [5.74, 6) is -0.729. The van der Waals surface area contributed by atoms with Gasteiger partial charge in [-0.25, -0.2) is 0 Å². The molecule has 0 aromatic heterocycles. The lowest BCUT2D eigenvalue weighted by molar-refractivity contribution is -0.126. The quantitative estimate of drug-likeness (QED) is 0.180. The molecule has 0 saturated heterocycles. The Bertz CT molecular complexity index is 498. The van der Waals surface area contributed by atoms with Crippen molar-refractivity contribution in [3.05, 3.63) is 12.2 Å². The van der Waals surface area contributed by atoms with Gasteiger partial charge in [-0.3, -0.25) is 19.2 Å². The van der Waals surface area contributed by atoms with Gasteiger partial charge in [0.15, 0.2) is 0 Å². The highest BCUT2D eigenvalue weighted by atomic mass is 16.5. The molecule has 0 rings (SSSR count). The van der Waals surface area contributed by atoms with Crippen molar-refractivity contribution < 1.29 is 33.4 Å². The molecule has 28 heavy (non-hydrogen) atoms. The van der Waals surface area contributed by atoms with Gasteiger partial charge in [0.2, 0.25) is 17.7 Å². The average molecular weight is 401 g/mol. The van der Waals surface area contributed by atoms with Crippen LogP contribution in [0.5, 0.6) is 0 Å². The molecule has 0 bridgehead atoms. The molecule has 0 aliphatic carbocycles. The molecule has 0 fully saturated rings. The van der Waals surface area contributed by atoms with E-state index in [9.17, 15) is 19.2 Å². The third kappa shape index (κ3) is 15.9. The summed E-state index contributed by atoms with van der Waals surface area (Å²) in [7, 11) is 1.62. The Labute approximate surface area is 165 Å². The van der Waals surface area contributed by atoms with E-state index in [1.54, 1.807) is 14.0 Å². The Balaban J connectivity index is 3.41. The van der Waals surface area contributed by atoms with E-state index in [0.29, 0.717) is 52.4 Å². The number of nitrogens with zero attached hydrogens (tertiary/aromatic N) is 1. The fraction of sp³-hybridized carbons (Fsp3) is 0.667. The maximum atomic E-state index is 11.5. The molecule has 2 N–H and O–H groups in total. The lowest BCUT2D eigenvalue weighted by Crippen LogP contribution is -2.37. The molecule has 160 valence electrons. The summed E-state index contributed by atoms with van der Waals surface area (Å²) in [6.07, 6.45) is 3.07. The molecule has 10 heteroatoms. The third-order valence-corrected chi connectivity index (χ3v) is 3.30. The summed E-state index contributed by atoms with van der Waals surface area (Å²) < 4.78 is 15.9. The van der Waals surface area contributed by atoms with Crippen LogP contribution >= 0.6 is 0 Å². The number of ether oxygens (including phenoxy) is 3. The predicted octanol–water partition coefficient (Wildman–Crippen LogP) is -1.11. The molecule has 0 aliphatic rings. The minimum Gasteiger partial charge on any atom is -0.379 e. The Kier molecular flexibility index (Phi) is 16.6. The normalized spacial score (nSPS) is 10.6. The third-order valence-electron chi connectivity index (χ3n) is 3.30. The summed E-state index contributed by atoms with van der Waals surface area (Å²) in [5, 5.41) is 5.08. The molecular weight excluding hydrogens is 370 g/mol. The van der Waals surface area contributed by atoms with Crippen LogP contribution in [0, 0.1) is 0 Å². The van der Waals surface area contributed by atoms with Crippen molar-refractivity contribution in [3.63, 3.8) is 0 Å². The Hall–Kier alpha value is -2.30. The number of aldehydes is 1. The van der Waals surface area contributed by atoms with E-state index in [2.05, 4.69) is 10.6 Å². The summed E-state index contributed by atoms with van der Waals surface area (Å²) in [6.45, 7) is 4.82. The second kappa shape index (κ2) is 18.1. The summed E-state index contributed by atoms with van der Waals surface area (Å²) in [5.41, 5.74) is 0. The van der Waals surface area contributed by atoms with E-state index >= 15 is 0 Å². The van der Waals surface area contributed by atoms with Crippen molar-refractivity contribution in [3.8, 4) is 0 Å². The highest BCUT2D eigenvalue weighted by Crippen LogP contribution is 1.89. The minimum absolute atomic E-state index is 0.0326. The van der Waals surface area contributed by atoms with Crippen LogP contribution < -0.4 is 10.6 Å². The Morgan fingerprint density at radius 3 is 2.11 bits per heavy atom. The van der Waals surface area contributed by atoms with Crippen LogP contribution in [0.25, 0.3) is 0 Å². The molecule has 10 nitrogen and oxygen atoms in total. The van der Waals surface area contributed by atoms with Gasteiger partial charge in [0.25, 0.3) is 0 Å². The lowest BCUT2D eigenvalue weighted by atomic mass is 10.4. The van der Waals surface area contributed by atoms with Crippen LogP contribution in [-0.2, 0) is 33.4 Å². The van der Waals surface area contributed by atoms with Gasteiger partial charge < -0.3 is 29.7 Å². The van der Waals surface area contributed by atoms with Crippen molar-refractivity contribution in [1.29, 1.82) is 0 Å². The zero-order chi connectivity index (χ0) is 21.0. The van der Waals surface area contributed by atoms with Gasteiger partial charge in [0.05, 0.1) is 46.2 Å². The molecule has 0 aliphatic heterocycles. The number of hydrogen-bond donors (Lipinski definition) is 2. The number of likely N-dealkylation sites (N-methyl/N-ethyl adjacent to an activating group) is 2. The van der Waals surface area contributed by atoms with E-state index in [1.165, 1.54) is 11.0 Å². The molecule has 0 spiro atoms. The number of hydrogen-bond acceptors (Lipinski definition) is 7. The monoisotopic (exact) mass is 401 g/mol. The van der Waals surface area contributed by atoms with Gasteiger partial charge in [-0.1, -0.05) is 0 Å². The number of carbonyl (C=O) groups excluding carboxylic acids is 4. The van der Waals surface area contributed by atoms with E-state index in [0.717, 1.165) is 6.08 Å². The lowest BCUT2D eigenvalue weighted by Gasteiger charge is -2.14. The molecule has 0 aromatic carbocycles. The first-order valence-corrected chi connectivity index (χ1v) is 9.14. The first-order chi connectivity index (χ1) is 13.5. The van der Waals surface area contributed by atoms with Gasteiger partial charge in [0.1, 0.15) is 6.29 Å². The molecule has 0 unspecified atom stereocenters. The molecule has 0 radical (unpaired) electrons. The zero-order valence-electron chi connectivity index (χ0n) is 16.6. The van der Waals surface area contributed by atoms with E-state index in [1.807, 2.05) is 0 Å². The average Bonchev–Trinajstić information content (AvgIpc) is 2.68. The van der Waals surface area contributed by atoms with Crippen molar-refractivity contribution in [2.45, 2.75) is 13.3 Å². The van der Waals surface area contributed by atoms with E-state index < -0.39 is 0 Å². The Morgan fingerprint density at radius 2 is 1.50 bits per heavy atom. The molecule has 0 heterocycles. The second-order valence-electron chi connectivity index (χ2n) is 5.57. The summed E-state index contributed by atoms with van der Waals surface area (Å²) in [4.78, 5) is 45.7. The number of allylic oxidation sites excluding steroid dienone is 1. The van der Waals surface area contributed by atoms with Gasteiger partial charge in [0, 0.05) is 32.6 Å². The Morgan fingerprint density at radius 1 is 0.893 bits per heavy atom. The minimum atomic E-state index is -0.262. The number of nitrogens with one attached hydrogen (secondary N) is 2. The number of rotatable bonds is 17. The highest BCUT2D eigenvalue weighted by Gasteiger charge is 2.05. The topological polar surface area (TPSA) is 123 Å². The maximum Gasteiger partial charge on any atom is 0.246 e. The van der Waals surface area contributed by atoms with Crippen LogP contribution in [-0.4, -0.2) is 95.2 Å². The number of amides is 3. The molecular formula is C18H31N3O7. The largest absolute Gasteiger partial charge is 0.379 e. The van der Waals surface area contributed by atoms with Crippen LogP contribution in [0.4, 0.5) is 0 Å². The van der Waals surface area contributed by atoms with E-state index in [-0.39, 0.29) is 37.3 Å². The van der Waals surface area contributed by atoms with Gasteiger partial charge in [-0.2, -0.15) is 0 Å². The van der Waals surface area contributed by atoms with Gasteiger partial charge >= 0.3 is 0 Å². The van der Waals surface area contributed by atoms with Crippen molar-refractivity contribution >= 4 is 24.0 Å². The van der Waals surface area contributed by atoms with E-state index in [4.69, 9.17) is 14.2 Å². The van der Waals surface area contributed by atoms with Crippen LogP contribution in [0.3, 0.4) is 0 Å². The molecule has 3 amide bonds. The van der Waals surface area contributed by atoms with Crippen LogP contribution in [0.1, 0.15) is 13.3 Å². The predicted molar refractivity (Wildman–Crippen MR) is 102 cm³/mol. The number of carbonyl (C=O) groups is 4. The molecule has 0 atom stereocenters.